The smallest absolute Gasteiger partial charge is 0.469 e. The number of methoxy groups -OCH3 is 1. The SMILES string of the molecule is COC(=O)Cc1ccccc1CONCC(C)NC(=O)c1ccc(-c2noc(C(F)(F)F)n2)cc1. The summed E-state index contributed by atoms with van der Waals surface area (Å²) in [5, 5.41) is 6.09. The van der Waals surface area contributed by atoms with E-state index in [0.29, 0.717) is 12.1 Å². The van der Waals surface area contributed by atoms with Crippen LogP contribution in [0.1, 0.15) is 34.3 Å². The number of amides is 1. The molecule has 1 heterocycles. The number of alkyl halides is 3. The van der Waals surface area contributed by atoms with Gasteiger partial charge in [0.1, 0.15) is 0 Å². The van der Waals surface area contributed by atoms with Crippen molar-refractivity contribution in [3.63, 3.8) is 0 Å². The van der Waals surface area contributed by atoms with Gasteiger partial charge in [-0.1, -0.05) is 41.6 Å². The highest BCUT2D eigenvalue weighted by molar-refractivity contribution is 5.94. The van der Waals surface area contributed by atoms with Gasteiger partial charge in [0.05, 0.1) is 20.1 Å². The second-order valence-electron chi connectivity index (χ2n) is 7.53. The number of ether oxygens (including phenoxy) is 1. The van der Waals surface area contributed by atoms with Crippen molar-refractivity contribution in [3.8, 4) is 11.4 Å². The van der Waals surface area contributed by atoms with Crippen molar-refractivity contribution in [2.45, 2.75) is 32.2 Å². The van der Waals surface area contributed by atoms with Gasteiger partial charge >= 0.3 is 18.0 Å². The Bertz CT molecular complexity index is 1150. The van der Waals surface area contributed by atoms with E-state index in [9.17, 15) is 22.8 Å². The lowest BCUT2D eigenvalue weighted by atomic mass is 10.1. The highest BCUT2D eigenvalue weighted by Gasteiger charge is 2.38. The van der Waals surface area contributed by atoms with E-state index >= 15 is 0 Å². The average Bonchev–Trinajstić information content (AvgIpc) is 3.34. The lowest BCUT2D eigenvalue weighted by Gasteiger charge is -2.15. The molecule has 3 rings (SSSR count). The monoisotopic (exact) mass is 492 g/mol. The largest absolute Gasteiger partial charge is 0.471 e. The van der Waals surface area contributed by atoms with Crippen molar-refractivity contribution in [2.75, 3.05) is 13.7 Å². The molecule has 0 fully saturated rings. The predicted octanol–water partition coefficient (Wildman–Crippen LogP) is 3.31. The number of hydroxylamine groups is 1. The maximum absolute atomic E-state index is 12.6. The minimum absolute atomic E-state index is 0.136. The van der Waals surface area contributed by atoms with Crippen molar-refractivity contribution in [1.82, 2.24) is 20.9 Å². The molecule has 0 aliphatic carbocycles. The van der Waals surface area contributed by atoms with Crippen LogP contribution in [0.15, 0.2) is 53.1 Å². The fourth-order valence-electron chi connectivity index (χ4n) is 3.00. The summed E-state index contributed by atoms with van der Waals surface area (Å²) in [7, 11) is 1.33. The molecule has 0 bridgehead atoms. The molecule has 9 nitrogen and oxygen atoms in total. The van der Waals surface area contributed by atoms with Gasteiger partial charge in [-0.25, -0.2) is 5.48 Å². The van der Waals surface area contributed by atoms with Crippen LogP contribution in [0.2, 0.25) is 0 Å². The summed E-state index contributed by atoms with van der Waals surface area (Å²) in [6, 6.07) is 12.8. The van der Waals surface area contributed by atoms with E-state index in [1.54, 1.807) is 6.92 Å². The minimum Gasteiger partial charge on any atom is -0.469 e. The number of hydrogen-bond donors (Lipinski definition) is 2. The molecule has 0 saturated heterocycles. The Morgan fingerprint density at radius 3 is 2.40 bits per heavy atom. The van der Waals surface area contributed by atoms with Gasteiger partial charge in [0.2, 0.25) is 5.82 Å². The second kappa shape index (κ2) is 11.6. The second-order valence-corrected chi connectivity index (χ2v) is 7.53. The molecule has 1 unspecified atom stereocenters. The van der Waals surface area contributed by atoms with E-state index in [0.717, 1.165) is 11.1 Å². The molecule has 0 radical (unpaired) electrons. The maximum Gasteiger partial charge on any atom is 0.471 e. The summed E-state index contributed by atoms with van der Waals surface area (Å²) in [6.45, 7) is 2.28. The Hall–Kier alpha value is -3.77. The Balaban J connectivity index is 1.46. The number of esters is 1. The number of nitrogens with one attached hydrogen (secondary N) is 2. The third-order valence-electron chi connectivity index (χ3n) is 4.85. The molecule has 0 aliphatic heterocycles. The Morgan fingerprint density at radius 2 is 1.77 bits per heavy atom. The number of carbonyl (C=O) groups is 2. The molecule has 1 aromatic heterocycles. The van der Waals surface area contributed by atoms with Crippen molar-refractivity contribution < 1.29 is 36.9 Å². The molecule has 35 heavy (non-hydrogen) atoms. The summed E-state index contributed by atoms with van der Waals surface area (Å²) >= 11 is 0. The summed E-state index contributed by atoms with van der Waals surface area (Å²) < 4.78 is 46.7. The number of hydrogen-bond acceptors (Lipinski definition) is 8. The van der Waals surface area contributed by atoms with Gasteiger partial charge < -0.3 is 14.6 Å². The Labute approximate surface area is 198 Å². The highest BCUT2D eigenvalue weighted by Crippen LogP contribution is 2.29. The van der Waals surface area contributed by atoms with Crippen LogP contribution < -0.4 is 10.8 Å². The summed E-state index contributed by atoms with van der Waals surface area (Å²) in [5.41, 5.74) is 4.98. The van der Waals surface area contributed by atoms with Crippen LogP contribution in [-0.2, 0) is 33.6 Å². The molecule has 1 amide bonds. The van der Waals surface area contributed by atoms with Crippen LogP contribution in [0.3, 0.4) is 0 Å². The predicted molar refractivity (Wildman–Crippen MR) is 117 cm³/mol. The van der Waals surface area contributed by atoms with Gasteiger partial charge in [0.25, 0.3) is 5.91 Å². The van der Waals surface area contributed by atoms with Gasteiger partial charge in [-0.2, -0.15) is 18.2 Å². The normalized spacial score (nSPS) is 12.3. The van der Waals surface area contributed by atoms with Crippen LogP contribution in [0.25, 0.3) is 11.4 Å². The van der Waals surface area contributed by atoms with E-state index in [1.807, 2.05) is 24.3 Å². The number of nitrogens with zero attached hydrogens (tertiary/aromatic N) is 2. The fraction of sp³-hybridized carbons (Fsp3) is 0.304. The lowest BCUT2D eigenvalue weighted by molar-refractivity contribution is -0.159. The molecule has 0 aliphatic rings. The molecule has 2 aromatic carbocycles. The van der Waals surface area contributed by atoms with E-state index < -0.39 is 12.1 Å². The topological polar surface area (TPSA) is 116 Å². The van der Waals surface area contributed by atoms with E-state index in [2.05, 4.69) is 25.5 Å². The number of carbonyl (C=O) groups excluding carboxylic acids is 2. The number of aromatic nitrogens is 2. The van der Waals surface area contributed by atoms with Crippen LogP contribution in [0.4, 0.5) is 13.2 Å². The van der Waals surface area contributed by atoms with Crippen LogP contribution in [-0.4, -0.2) is 41.7 Å². The fourth-order valence-corrected chi connectivity index (χ4v) is 3.00. The molecule has 12 heteroatoms. The molecule has 2 N–H and O–H groups in total. The van der Waals surface area contributed by atoms with Crippen LogP contribution >= 0.6 is 0 Å². The van der Waals surface area contributed by atoms with Gasteiger partial charge in [-0.15, -0.1) is 0 Å². The molecule has 0 saturated carbocycles. The first-order valence-electron chi connectivity index (χ1n) is 10.5. The summed E-state index contributed by atoms with van der Waals surface area (Å²) in [6.07, 6.45) is -4.59. The number of halogens is 3. The average molecular weight is 492 g/mol. The van der Waals surface area contributed by atoms with Gasteiger partial charge in [0, 0.05) is 23.7 Å². The van der Waals surface area contributed by atoms with E-state index in [-0.39, 0.29) is 42.3 Å². The Kier molecular flexibility index (Phi) is 8.55. The van der Waals surface area contributed by atoms with Crippen molar-refractivity contribution in [3.05, 3.63) is 71.1 Å². The first-order chi connectivity index (χ1) is 16.7. The van der Waals surface area contributed by atoms with Crippen molar-refractivity contribution in [2.24, 2.45) is 0 Å². The third-order valence-corrected chi connectivity index (χ3v) is 4.85. The maximum atomic E-state index is 12.6. The first-order valence-corrected chi connectivity index (χ1v) is 10.5. The van der Waals surface area contributed by atoms with Gasteiger partial charge in [-0.05, 0) is 30.2 Å². The molecule has 1 atom stereocenters. The van der Waals surface area contributed by atoms with Crippen LogP contribution in [0.5, 0.6) is 0 Å². The van der Waals surface area contributed by atoms with E-state index in [4.69, 9.17) is 9.57 Å². The summed E-state index contributed by atoms with van der Waals surface area (Å²) in [5.74, 6) is -2.39. The van der Waals surface area contributed by atoms with Gasteiger partial charge in [0.15, 0.2) is 0 Å². The highest BCUT2D eigenvalue weighted by atomic mass is 19.4. The zero-order chi connectivity index (χ0) is 25.4. The molecule has 186 valence electrons. The minimum atomic E-state index is -4.73. The molecular weight excluding hydrogens is 469 g/mol. The number of rotatable bonds is 10. The summed E-state index contributed by atoms with van der Waals surface area (Å²) in [4.78, 5) is 32.8. The van der Waals surface area contributed by atoms with E-state index in [1.165, 1.54) is 31.4 Å². The lowest BCUT2D eigenvalue weighted by Crippen LogP contribution is -2.39. The zero-order valence-corrected chi connectivity index (χ0v) is 18.9. The van der Waals surface area contributed by atoms with Crippen molar-refractivity contribution in [1.29, 1.82) is 0 Å². The standard InChI is InChI=1S/C23H23F3N4O5/c1-14(12-27-34-13-18-6-4-3-5-17(18)11-19(31)33-2)28-21(32)16-9-7-15(8-10-16)20-29-22(35-30-20)23(24,25)26/h3-10,14,27H,11-13H2,1-2H3,(H,28,32). The first kappa shape index (κ1) is 25.8. The quantitative estimate of drug-likeness (QED) is 0.252. The molecule has 0 spiro atoms. The van der Waals surface area contributed by atoms with Gasteiger partial charge in [-0.3, -0.25) is 14.4 Å². The van der Waals surface area contributed by atoms with Crippen LogP contribution in [0, 0.1) is 0 Å². The molecule has 3 aromatic rings. The zero-order valence-electron chi connectivity index (χ0n) is 18.9. The Morgan fingerprint density at radius 1 is 1.09 bits per heavy atom. The third kappa shape index (κ3) is 7.36. The number of benzene rings is 2. The molecular formula is C23H23F3N4O5. The van der Waals surface area contributed by atoms with Crippen molar-refractivity contribution >= 4 is 11.9 Å².